The summed E-state index contributed by atoms with van der Waals surface area (Å²) in [6.07, 6.45) is 3.90. The molecule has 1 unspecified atom stereocenters. The van der Waals surface area contributed by atoms with Gasteiger partial charge in [-0.15, -0.1) is 0 Å². The first-order valence-corrected chi connectivity index (χ1v) is 9.54. The number of aryl methyl sites for hydroxylation is 1. The number of benzene rings is 1. The number of hydrogen-bond acceptors (Lipinski definition) is 4. The second-order valence-electron chi connectivity index (χ2n) is 7.55. The van der Waals surface area contributed by atoms with E-state index in [-0.39, 0.29) is 23.0 Å². The minimum absolute atomic E-state index is 0.170. The molecule has 6 nitrogen and oxygen atoms in total. The van der Waals surface area contributed by atoms with E-state index in [0.29, 0.717) is 30.7 Å². The molecule has 2 fully saturated rings. The molecular formula is C20H24FN3O3. The van der Waals surface area contributed by atoms with Gasteiger partial charge in [-0.2, -0.15) is 0 Å². The number of aromatic nitrogens is 1. The highest BCUT2D eigenvalue weighted by Crippen LogP contribution is 2.40. The molecule has 7 heteroatoms. The van der Waals surface area contributed by atoms with Gasteiger partial charge in [-0.05, 0) is 32.3 Å². The maximum Gasteiger partial charge on any atom is 0.341 e. The van der Waals surface area contributed by atoms with Crippen LogP contribution in [0.2, 0.25) is 0 Å². The lowest BCUT2D eigenvalue weighted by atomic mass is 10.00. The van der Waals surface area contributed by atoms with E-state index in [9.17, 15) is 14.7 Å². The Morgan fingerprint density at radius 1 is 1.41 bits per heavy atom. The van der Waals surface area contributed by atoms with E-state index in [1.807, 2.05) is 16.4 Å². The Bertz CT molecular complexity index is 981. The predicted octanol–water partition coefficient (Wildman–Crippen LogP) is 2.53. The smallest absolute Gasteiger partial charge is 0.341 e. The molecule has 2 heterocycles. The van der Waals surface area contributed by atoms with Crippen LogP contribution in [0.1, 0.15) is 48.7 Å². The summed E-state index contributed by atoms with van der Waals surface area (Å²) in [4.78, 5) is 26.3. The van der Waals surface area contributed by atoms with Gasteiger partial charge in [-0.3, -0.25) is 4.79 Å². The lowest BCUT2D eigenvalue weighted by Gasteiger charge is -2.35. The van der Waals surface area contributed by atoms with E-state index in [0.717, 1.165) is 24.9 Å². The molecule has 1 saturated carbocycles. The largest absolute Gasteiger partial charge is 0.477 e. The molecule has 1 atom stereocenters. The number of rotatable bonds is 4. The number of pyridine rings is 1. The number of carboxylic acid groups (broad SMARTS) is 1. The molecule has 2 aromatic rings. The molecule has 1 aliphatic heterocycles. The Morgan fingerprint density at radius 3 is 2.74 bits per heavy atom. The second kappa shape index (κ2) is 6.64. The molecule has 0 radical (unpaired) electrons. The summed E-state index contributed by atoms with van der Waals surface area (Å²) >= 11 is 0. The molecule has 1 aromatic carbocycles. The third-order valence-electron chi connectivity index (χ3n) is 5.55. The monoisotopic (exact) mass is 373 g/mol. The van der Waals surface area contributed by atoms with Crippen molar-refractivity contribution in [1.82, 2.24) is 9.88 Å². The number of carboxylic acids is 1. The number of aromatic carboxylic acids is 1. The van der Waals surface area contributed by atoms with Crippen molar-refractivity contribution in [2.45, 2.75) is 45.2 Å². The van der Waals surface area contributed by atoms with E-state index < -0.39 is 17.2 Å². The Labute approximate surface area is 156 Å². The van der Waals surface area contributed by atoms with Gasteiger partial charge < -0.3 is 19.9 Å². The van der Waals surface area contributed by atoms with Crippen LogP contribution in [-0.4, -0.2) is 41.3 Å². The first-order chi connectivity index (χ1) is 12.9. The minimum atomic E-state index is -1.27. The molecule has 1 aromatic heterocycles. The average molecular weight is 373 g/mol. The van der Waals surface area contributed by atoms with Gasteiger partial charge >= 0.3 is 5.97 Å². The maximum atomic E-state index is 15.2. The van der Waals surface area contributed by atoms with Crippen LogP contribution in [0.15, 0.2) is 17.1 Å². The lowest BCUT2D eigenvalue weighted by Crippen LogP contribution is -2.49. The summed E-state index contributed by atoms with van der Waals surface area (Å²) in [5.74, 6) is -1.72. The van der Waals surface area contributed by atoms with Crippen LogP contribution < -0.4 is 15.6 Å². The first-order valence-electron chi connectivity index (χ1n) is 9.54. The van der Waals surface area contributed by atoms with Crippen molar-refractivity contribution >= 4 is 22.6 Å². The molecule has 2 aliphatic rings. The van der Waals surface area contributed by atoms with Crippen molar-refractivity contribution in [3.05, 3.63) is 39.4 Å². The molecule has 0 spiro atoms. The highest BCUT2D eigenvalue weighted by atomic mass is 19.1. The van der Waals surface area contributed by atoms with Gasteiger partial charge in [0.05, 0.1) is 11.2 Å². The van der Waals surface area contributed by atoms with E-state index >= 15 is 4.39 Å². The number of halogens is 1. The number of anilines is 1. The van der Waals surface area contributed by atoms with Crippen LogP contribution >= 0.6 is 0 Å². The quantitative estimate of drug-likeness (QED) is 0.862. The third kappa shape index (κ3) is 3.00. The molecule has 2 N–H and O–H groups in total. The minimum Gasteiger partial charge on any atom is -0.477 e. The van der Waals surface area contributed by atoms with Gasteiger partial charge in [0.2, 0.25) is 5.43 Å². The Hall–Kier alpha value is -2.41. The first kappa shape index (κ1) is 18.0. The maximum absolute atomic E-state index is 15.2. The topological polar surface area (TPSA) is 74.6 Å². The molecule has 1 saturated heterocycles. The lowest BCUT2D eigenvalue weighted by molar-refractivity contribution is 0.0695. The fourth-order valence-electron chi connectivity index (χ4n) is 4.16. The van der Waals surface area contributed by atoms with Crippen molar-refractivity contribution in [3.63, 3.8) is 0 Å². The van der Waals surface area contributed by atoms with Crippen LogP contribution in [-0.2, 0) is 6.42 Å². The van der Waals surface area contributed by atoms with Crippen molar-refractivity contribution in [2.75, 3.05) is 24.5 Å². The van der Waals surface area contributed by atoms with E-state index in [1.54, 1.807) is 0 Å². The molecule has 0 amide bonds. The summed E-state index contributed by atoms with van der Waals surface area (Å²) in [5.41, 5.74) is 1.13. The molecule has 27 heavy (non-hydrogen) atoms. The Kier molecular flexibility index (Phi) is 4.42. The van der Waals surface area contributed by atoms with Crippen LogP contribution in [0.3, 0.4) is 0 Å². The standard InChI is InChI=1S/C20H24FN3O3/c1-3-13-17-14(8-16(21)18(13)23-7-6-22-11(2)9-23)19(25)15(20(26)27)10-24(17)12-4-5-12/h8,10-12,22H,3-7,9H2,1-2H3,(H,26,27). The zero-order valence-corrected chi connectivity index (χ0v) is 15.6. The number of hydrogen-bond donors (Lipinski definition) is 2. The molecule has 1 aliphatic carbocycles. The van der Waals surface area contributed by atoms with Gasteiger partial charge in [-0.1, -0.05) is 6.92 Å². The Morgan fingerprint density at radius 2 is 2.15 bits per heavy atom. The van der Waals surface area contributed by atoms with Crippen molar-refractivity contribution < 1.29 is 14.3 Å². The zero-order valence-electron chi connectivity index (χ0n) is 15.6. The fourth-order valence-corrected chi connectivity index (χ4v) is 4.16. The van der Waals surface area contributed by atoms with Crippen molar-refractivity contribution in [2.24, 2.45) is 0 Å². The molecular weight excluding hydrogens is 349 g/mol. The predicted molar refractivity (Wildman–Crippen MR) is 102 cm³/mol. The van der Waals surface area contributed by atoms with E-state index in [4.69, 9.17) is 0 Å². The van der Waals surface area contributed by atoms with E-state index in [2.05, 4.69) is 12.2 Å². The SMILES string of the molecule is CCc1c(N2CCNC(C)C2)c(F)cc2c(=O)c(C(=O)O)cn(C3CC3)c12. The highest BCUT2D eigenvalue weighted by Gasteiger charge is 2.30. The summed E-state index contributed by atoms with van der Waals surface area (Å²) in [6, 6.07) is 1.67. The summed E-state index contributed by atoms with van der Waals surface area (Å²) in [6.45, 7) is 6.18. The number of piperazine rings is 1. The van der Waals surface area contributed by atoms with Gasteiger partial charge in [0, 0.05) is 48.9 Å². The summed E-state index contributed by atoms with van der Waals surface area (Å²) in [7, 11) is 0. The summed E-state index contributed by atoms with van der Waals surface area (Å²) in [5, 5.41) is 12.9. The molecule has 0 bridgehead atoms. The van der Waals surface area contributed by atoms with Crippen LogP contribution in [0.4, 0.5) is 10.1 Å². The van der Waals surface area contributed by atoms with Crippen molar-refractivity contribution in [1.29, 1.82) is 0 Å². The molecule has 144 valence electrons. The molecule has 4 rings (SSSR count). The fraction of sp³-hybridized carbons (Fsp3) is 0.500. The number of carbonyl (C=O) groups is 1. The third-order valence-corrected chi connectivity index (χ3v) is 5.55. The van der Waals surface area contributed by atoms with Gasteiger partial charge in [0.15, 0.2) is 0 Å². The van der Waals surface area contributed by atoms with Gasteiger partial charge in [-0.25, -0.2) is 9.18 Å². The van der Waals surface area contributed by atoms with Crippen molar-refractivity contribution in [3.8, 4) is 0 Å². The van der Waals surface area contributed by atoms with Gasteiger partial charge in [0.1, 0.15) is 11.4 Å². The number of nitrogens with one attached hydrogen (secondary N) is 1. The normalized spacial score (nSPS) is 20.3. The average Bonchev–Trinajstić information content (AvgIpc) is 3.46. The number of fused-ring (bicyclic) bond motifs is 1. The highest BCUT2D eigenvalue weighted by molar-refractivity contribution is 5.95. The Balaban J connectivity index is 2.03. The van der Waals surface area contributed by atoms with E-state index in [1.165, 1.54) is 12.3 Å². The van der Waals surface area contributed by atoms with Crippen LogP contribution in [0, 0.1) is 5.82 Å². The van der Waals surface area contributed by atoms with Crippen LogP contribution in [0.5, 0.6) is 0 Å². The summed E-state index contributed by atoms with van der Waals surface area (Å²) < 4.78 is 17.1. The van der Waals surface area contributed by atoms with Gasteiger partial charge in [0.25, 0.3) is 0 Å². The number of nitrogens with zero attached hydrogens (tertiary/aromatic N) is 2. The van der Waals surface area contributed by atoms with Crippen LogP contribution in [0.25, 0.3) is 10.9 Å². The second-order valence-corrected chi connectivity index (χ2v) is 7.55. The zero-order chi connectivity index (χ0) is 19.3.